The van der Waals surface area contributed by atoms with Crippen LogP contribution in [0.15, 0.2) is 17.0 Å². The van der Waals surface area contributed by atoms with E-state index in [1.807, 2.05) is 0 Å². The van der Waals surface area contributed by atoms with Gasteiger partial charge in [0.2, 0.25) is 0 Å². The fraction of sp³-hybridized carbons (Fsp3) is 0.538. The Bertz CT molecular complexity index is 409. The molecule has 0 fully saturated rings. The van der Waals surface area contributed by atoms with Gasteiger partial charge in [0, 0.05) is 22.3 Å². The van der Waals surface area contributed by atoms with Crippen LogP contribution in [0.1, 0.15) is 38.3 Å². The zero-order chi connectivity index (χ0) is 12.4. The van der Waals surface area contributed by atoms with Crippen molar-refractivity contribution >= 4 is 11.8 Å². The molecular formula is C13H17F2NS. The van der Waals surface area contributed by atoms with Gasteiger partial charge >= 0.3 is 0 Å². The highest BCUT2D eigenvalue weighted by molar-refractivity contribution is 8.00. The lowest BCUT2D eigenvalue weighted by Gasteiger charge is -2.19. The normalized spacial score (nSPS) is 22.8. The first-order valence-corrected chi connectivity index (χ1v) is 6.94. The first-order valence-electron chi connectivity index (χ1n) is 6.06. The summed E-state index contributed by atoms with van der Waals surface area (Å²) in [7, 11) is 0. The monoisotopic (exact) mass is 257 g/mol. The first-order chi connectivity index (χ1) is 8.17. The second-order valence-corrected chi connectivity index (χ2v) is 5.55. The SMILES string of the molecule is CCCNC1c2cc(F)cc(F)c2SC1CC. The fourth-order valence-electron chi connectivity index (χ4n) is 2.22. The molecule has 2 unspecified atom stereocenters. The van der Waals surface area contributed by atoms with Crippen LogP contribution in [0.25, 0.3) is 0 Å². The van der Waals surface area contributed by atoms with Crippen molar-refractivity contribution in [3.8, 4) is 0 Å². The Hall–Kier alpha value is -0.610. The van der Waals surface area contributed by atoms with Crippen molar-refractivity contribution < 1.29 is 8.78 Å². The third-order valence-electron chi connectivity index (χ3n) is 3.03. The van der Waals surface area contributed by atoms with Crippen molar-refractivity contribution in [3.05, 3.63) is 29.3 Å². The average Bonchev–Trinajstić information content (AvgIpc) is 2.64. The van der Waals surface area contributed by atoms with Crippen molar-refractivity contribution in [2.24, 2.45) is 0 Å². The minimum absolute atomic E-state index is 0.0742. The van der Waals surface area contributed by atoms with Gasteiger partial charge in [-0.2, -0.15) is 0 Å². The highest BCUT2D eigenvalue weighted by atomic mass is 32.2. The maximum atomic E-state index is 13.7. The Morgan fingerprint density at radius 1 is 1.29 bits per heavy atom. The Kier molecular flexibility index (Phi) is 4.05. The van der Waals surface area contributed by atoms with Crippen LogP contribution in [0.3, 0.4) is 0 Å². The smallest absolute Gasteiger partial charge is 0.140 e. The van der Waals surface area contributed by atoms with Gasteiger partial charge < -0.3 is 5.32 Å². The molecule has 2 rings (SSSR count). The van der Waals surface area contributed by atoms with Gasteiger partial charge in [0.15, 0.2) is 0 Å². The Morgan fingerprint density at radius 3 is 2.71 bits per heavy atom. The van der Waals surface area contributed by atoms with E-state index in [-0.39, 0.29) is 6.04 Å². The van der Waals surface area contributed by atoms with E-state index >= 15 is 0 Å². The molecule has 2 atom stereocenters. The molecule has 0 aromatic heterocycles. The van der Waals surface area contributed by atoms with E-state index in [1.165, 1.54) is 17.8 Å². The van der Waals surface area contributed by atoms with Crippen LogP contribution in [0.5, 0.6) is 0 Å². The van der Waals surface area contributed by atoms with Crippen molar-refractivity contribution in [2.75, 3.05) is 6.54 Å². The molecular weight excluding hydrogens is 240 g/mol. The van der Waals surface area contributed by atoms with Crippen LogP contribution in [0.2, 0.25) is 0 Å². The molecule has 1 aromatic rings. The van der Waals surface area contributed by atoms with Gasteiger partial charge in [0.25, 0.3) is 0 Å². The van der Waals surface area contributed by atoms with Crippen LogP contribution < -0.4 is 5.32 Å². The zero-order valence-corrected chi connectivity index (χ0v) is 10.9. The molecule has 1 aliphatic heterocycles. The van der Waals surface area contributed by atoms with Gasteiger partial charge in [0.05, 0.1) is 0 Å². The molecule has 1 N–H and O–H groups in total. The second-order valence-electron chi connectivity index (χ2n) is 4.30. The minimum Gasteiger partial charge on any atom is -0.309 e. The number of benzene rings is 1. The molecule has 4 heteroatoms. The molecule has 1 aromatic carbocycles. The third kappa shape index (κ3) is 2.47. The summed E-state index contributed by atoms with van der Waals surface area (Å²) in [4.78, 5) is 0.617. The molecule has 1 heterocycles. The van der Waals surface area contributed by atoms with Crippen LogP contribution >= 0.6 is 11.8 Å². The van der Waals surface area contributed by atoms with Gasteiger partial charge in [-0.15, -0.1) is 11.8 Å². The number of thioether (sulfide) groups is 1. The molecule has 17 heavy (non-hydrogen) atoms. The summed E-state index contributed by atoms with van der Waals surface area (Å²) < 4.78 is 26.9. The molecule has 0 amide bonds. The topological polar surface area (TPSA) is 12.0 Å². The molecule has 0 aliphatic carbocycles. The van der Waals surface area contributed by atoms with Crippen LogP contribution in [-0.4, -0.2) is 11.8 Å². The predicted molar refractivity (Wildman–Crippen MR) is 67.3 cm³/mol. The van der Waals surface area contributed by atoms with Crippen molar-refractivity contribution in [3.63, 3.8) is 0 Å². The van der Waals surface area contributed by atoms with E-state index in [0.717, 1.165) is 31.0 Å². The second kappa shape index (κ2) is 5.36. The van der Waals surface area contributed by atoms with E-state index in [0.29, 0.717) is 10.1 Å². The number of fused-ring (bicyclic) bond motifs is 1. The van der Waals surface area contributed by atoms with Crippen molar-refractivity contribution in [1.29, 1.82) is 0 Å². The van der Waals surface area contributed by atoms with E-state index in [9.17, 15) is 8.78 Å². The van der Waals surface area contributed by atoms with E-state index < -0.39 is 11.6 Å². The maximum Gasteiger partial charge on any atom is 0.140 e. The van der Waals surface area contributed by atoms with Gasteiger partial charge in [-0.3, -0.25) is 0 Å². The molecule has 94 valence electrons. The molecule has 0 bridgehead atoms. The predicted octanol–water partition coefficient (Wildman–Crippen LogP) is 3.89. The molecule has 1 nitrogen and oxygen atoms in total. The lowest BCUT2D eigenvalue weighted by molar-refractivity contribution is 0.497. The maximum absolute atomic E-state index is 13.7. The Balaban J connectivity index is 2.33. The Morgan fingerprint density at radius 2 is 2.06 bits per heavy atom. The van der Waals surface area contributed by atoms with Gasteiger partial charge in [-0.05, 0) is 31.0 Å². The summed E-state index contributed by atoms with van der Waals surface area (Å²) in [6.07, 6.45) is 1.96. The lowest BCUT2D eigenvalue weighted by Crippen LogP contribution is -2.27. The quantitative estimate of drug-likeness (QED) is 0.878. The summed E-state index contributed by atoms with van der Waals surface area (Å²) in [6.45, 7) is 5.04. The fourth-order valence-corrected chi connectivity index (χ4v) is 3.56. The number of halogens is 2. The Labute approximate surface area is 105 Å². The van der Waals surface area contributed by atoms with Crippen LogP contribution in [0.4, 0.5) is 8.78 Å². The van der Waals surface area contributed by atoms with Gasteiger partial charge in [-0.1, -0.05) is 13.8 Å². The van der Waals surface area contributed by atoms with Gasteiger partial charge in [0.1, 0.15) is 11.6 Å². The number of rotatable bonds is 4. The minimum atomic E-state index is -0.484. The molecule has 0 saturated heterocycles. The zero-order valence-electron chi connectivity index (χ0n) is 10.1. The molecule has 0 radical (unpaired) electrons. The van der Waals surface area contributed by atoms with Crippen LogP contribution in [0, 0.1) is 11.6 Å². The summed E-state index contributed by atoms with van der Waals surface area (Å²) in [6, 6.07) is 2.51. The molecule has 0 saturated carbocycles. The lowest BCUT2D eigenvalue weighted by atomic mass is 10.0. The highest BCUT2D eigenvalue weighted by Crippen LogP contribution is 2.46. The number of hydrogen-bond donors (Lipinski definition) is 1. The first kappa shape index (κ1) is 12.8. The summed E-state index contributed by atoms with van der Waals surface area (Å²) in [5, 5.41) is 3.69. The largest absolute Gasteiger partial charge is 0.309 e. The third-order valence-corrected chi connectivity index (χ3v) is 4.60. The van der Waals surface area contributed by atoms with E-state index in [4.69, 9.17) is 0 Å². The number of nitrogens with one attached hydrogen (secondary N) is 1. The average molecular weight is 257 g/mol. The standard InChI is InChI=1S/C13H17F2NS/c1-3-5-16-12-9-6-8(14)7-10(15)13(9)17-11(12)4-2/h6-7,11-12,16H,3-5H2,1-2H3. The summed E-state index contributed by atoms with van der Waals surface area (Å²) in [5.74, 6) is -0.911. The van der Waals surface area contributed by atoms with E-state index in [2.05, 4.69) is 19.2 Å². The molecule has 0 spiro atoms. The highest BCUT2D eigenvalue weighted by Gasteiger charge is 2.34. The van der Waals surface area contributed by atoms with Gasteiger partial charge in [-0.25, -0.2) is 8.78 Å². The molecule has 1 aliphatic rings. The summed E-state index contributed by atoms with van der Waals surface area (Å²) >= 11 is 1.53. The van der Waals surface area contributed by atoms with Crippen molar-refractivity contribution in [2.45, 2.75) is 42.9 Å². The number of hydrogen-bond acceptors (Lipinski definition) is 2. The van der Waals surface area contributed by atoms with E-state index in [1.54, 1.807) is 0 Å². The van der Waals surface area contributed by atoms with Crippen molar-refractivity contribution in [1.82, 2.24) is 5.32 Å². The summed E-state index contributed by atoms with van der Waals surface area (Å²) in [5.41, 5.74) is 0.785. The van der Waals surface area contributed by atoms with Crippen LogP contribution in [-0.2, 0) is 0 Å².